The molecule has 148 valence electrons. The zero-order valence-electron chi connectivity index (χ0n) is 15.2. The van der Waals surface area contributed by atoms with Crippen LogP contribution in [0.2, 0.25) is 0 Å². The van der Waals surface area contributed by atoms with Gasteiger partial charge in [0.1, 0.15) is 11.6 Å². The molecule has 1 aromatic carbocycles. The van der Waals surface area contributed by atoms with Gasteiger partial charge in [-0.15, -0.1) is 0 Å². The number of methoxy groups -OCH3 is 2. The number of benzene rings is 1. The number of rotatable bonds is 5. The Labute approximate surface area is 164 Å². The van der Waals surface area contributed by atoms with Crippen LogP contribution in [-0.2, 0) is 10.9 Å². The maximum Gasteiger partial charge on any atom is 0.419 e. The van der Waals surface area contributed by atoms with Crippen molar-refractivity contribution in [2.45, 2.75) is 19.1 Å². The van der Waals surface area contributed by atoms with Crippen molar-refractivity contribution in [2.24, 2.45) is 0 Å². The van der Waals surface area contributed by atoms with Crippen molar-refractivity contribution in [1.82, 2.24) is 4.98 Å². The number of pyridine rings is 1. The van der Waals surface area contributed by atoms with Crippen molar-refractivity contribution in [3.05, 3.63) is 51.6 Å². The lowest BCUT2D eigenvalue weighted by Gasteiger charge is -2.21. The summed E-state index contributed by atoms with van der Waals surface area (Å²) in [5.41, 5.74) is -0.463. The molecule has 0 spiro atoms. The first kappa shape index (κ1) is 22.9. The number of ether oxygens (including phenoxy) is 2. The number of carbonyl (C=O) groups is 1. The van der Waals surface area contributed by atoms with Gasteiger partial charge in [-0.25, -0.2) is 4.98 Å². The Morgan fingerprint density at radius 1 is 1.22 bits per heavy atom. The lowest BCUT2D eigenvalue weighted by atomic mass is 10.1. The molecule has 0 radical (unpaired) electrons. The maximum absolute atomic E-state index is 13.2. The Balaban J connectivity index is 0.00000114. The van der Waals surface area contributed by atoms with E-state index >= 15 is 0 Å². The summed E-state index contributed by atoms with van der Waals surface area (Å²) in [6.07, 6.45) is -3.21. The molecule has 9 heteroatoms. The molecule has 1 aromatic heterocycles. The first-order valence-electron chi connectivity index (χ1n) is 7.70. The number of hydrogen-bond acceptors (Lipinski definition) is 5. The van der Waals surface area contributed by atoms with Gasteiger partial charge in [0.05, 0.1) is 18.7 Å². The molecular formula is C18H20BrF3N2O3. The van der Waals surface area contributed by atoms with Gasteiger partial charge >= 0.3 is 6.18 Å². The molecule has 0 aliphatic rings. The summed E-state index contributed by atoms with van der Waals surface area (Å²) in [5, 5.41) is 2.74. The average molecular weight is 449 g/mol. The zero-order valence-corrected chi connectivity index (χ0v) is 16.8. The highest BCUT2D eigenvalue weighted by Crippen LogP contribution is 2.37. The third-order valence-electron chi connectivity index (χ3n) is 3.36. The Morgan fingerprint density at radius 3 is 2.37 bits per heavy atom. The Kier molecular flexibility index (Phi) is 8.71. The number of halogens is 4. The quantitative estimate of drug-likeness (QED) is 0.643. The van der Waals surface area contributed by atoms with Gasteiger partial charge in [-0.2, -0.15) is 13.2 Å². The van der Waals surface area contributed by atoms with Gasteiger partial charge in [-0.1, -0.05) is 15.9 Å². The third-order valence-corrected chi connectivity index (χ3v) is 3.86. The number of aromatic nitrogens is 1. The van der Waals surface area contributed by atoms with Gasteiger partial charge < -0.3 is 14.8 Å². The molecule has 0 saturated heterocycles. The number of nitrogens with one attached hydrogen (secondary N) is 1. The summed E-state index contributed by atoms with van der Waals surface area (Å²) < 4.78 is 49.9. The summed E-state index contributed by atoms with van der Waals surface area (Å²) in [5.74, 6) is 0.193. The molecule has 0 aliphatic heterocycles. The van der Waals surface area contributed by atoms with Gasteiger partial charge in [-0.3, -0.25) is 4.79 Å². The summed E-state index contributed by atoms with van der Waals surface area (Å²) in [7, 11) is 4.73. The number of alkyl halides is 3. The number of hydrogen-bond donors (Lipinski definition) is 1. The molecule has 0 unspecified atom stereocenters. The second-order valence-corrected chi connectivity index (χ2v) is 6.36. The van der Waals surface area contributed by atoms with Crippen molar-refractivity contribution in [1.29, 1.82) is 0 Å². The number of aldehydes is 1. The minimum Gasteiger partial charge on any atom is -0.496 e. The van der Waals surface area contributed by atoms with Crippen molar-refractivity contribution < 1.29 is 27.4 Å². The van der Waals surface area contributed by atoms with E-state index in [1.807, 2.05) is 0 Å². The summed E-state index contributed by atoms with van der Waals surface area (Å²) in [6.45, 7) is 1.69. The number of nitrogens with zero attached hydrogens (tertiary/aromatic N) is 1. The summed E-state index contributed by atoms with van der Waals surface area (Å²) in [4.78, 5) is 14.5. The van der Waals surface area contributed by atoms with Crippen LogP contribution in [0.15, 0.2) is 34.9 Å². The van der Waals surface area contributed by atoms with E-state index in [4.69, 9.17) is 4.74 Å². The van der Waals surface area contributed by atoms with Crippen LogP contribution in [0.4, 0.5) is 19.0 Å². The van der Waals surface area contributed by atoms with E-state index in [2.05, 4.69) is 31.0 Å². The second kappa shape index (κ2) is 10.3. The van der Waals surface area contributed by atoms with E-state index < -0.39 is 17.8 Å². The maximum atomic E-state index is 13.2. The smallest absolute Gasteiger partial charge is 0.419 e. The SMILES string of the molecule is COC.COc1ccc(Br)cc1[C@H](C)Nc1ncc(C=O)cc1C(F)(F)F. The fraction of sp³-hybridized carbons (Fsp3) is 0.333. The van der Waals surface area contributed by atoms with Crippen molar-refractivity contribution in [3.8, 4) is 5.75 Å². The summed E-state index contributed by atoms with van der Waals surface area (Å²) in [6, 6.07) is 5.50. The van der Waals surface area contributed by atoms with E-state index in [0.717, 1.165) is 16.7 Å². The highest BCUT2D eigenvalue weighted by Gasteiger charge is 2.35. The largest absolute Gasteiger partial charge is 0.496 e. The molecule has 0 bridgehead atoms. The van der Waals surface area contributed by atoms with Crippen LogP contribution in [0.5, 0.6) is 5.75 Å². The van der Waals surface area contributed by atoms with Crippen molar-refractivity contribution >= 4 is 28.0 Å². The van der Waals surface area contributed by atoms with E-state index in [1.54, 1.807) is 39.3 Å². The molecule has 1 heterocycles. The third kappa shape index (κ3) is 6.51. The fourth-order valence-corrected chi connectivity index (χ4v) is 2.58. The van der Waals surface area contributed by atoms with Crippen LogP contribution in [-0.4, -0.2) is 32.6 Å². The standard InChI is InChI=1S/C16H14BrF3N2O2.C2H6O/c1-9(12-6-11(17)3-4-14(12)24-2)22-15-13(16(18,19)20)5-10(8-23)7-21-15;1-3-2/h3-9H,1-2H3,(H,21,22);1-2H3/t9-;/m0./s1. The van der Waals surface area contributed by atoms with Crippen LogP contribution in [0.1, 0.15) is 34.5 Å². The van der Waals surface area contributed by atoms with Gasteiger partial charge in [0, 0.05) is 36.0 Å². The molecule has 1 atom stereocenters. The highest BCUT2D eigenvalue weighted by atomic mass is 79.9. The van der Waals surface area contributed by atoms with Crippen LogP contribution in [0.3, 0.4) is 0 Å². The van der Waals surface area contributed by atoms with Gasteiger partial charge in [0.2, 0.25) is 0 Å². The van der Waals surface area contributed by atoms with E-state index in [9.17, 15) is 18.0 Å². The van der Waals surface area contributed by atoms with Gasteiger partial charge in [0.25, 0.3) is 0 Å². The first-order valence-corrected chi connectivity index (χ1v) is 8.49. The molecule has 1 N–H and O–H groups in total. The molecule has 5 nitrogen and oxygen atoms in total. The minimum absolute atomic E-state index is 0.138. The van der Waals surface area contributed by atoms with Crippen LogP contribution in [0, 0.1) is 0 Å². The molecule has 0 amide bonds. The minimum atomic E-state index is -4.63. The zero-order chi connectivity index (χ0) is 20.6. The molecule has 27 heavy (non-hydrogen) atoms. The number of anilines is 1. The number of carbonyl (C=O) groups excluding carboxylic acids is 1. The average Bonchev–Trinajstić information content (AvgIpc) is 2.61. The lowest BCUT2D eigenvalue weighted by Crippen LogP contribution is -2.16. The predicted molar refractivity (Wildman–Crippen MR) is 100 cm³/mol. The fourth-order valence-electron chi connectivity index (χ4n) is 2.20. The van der Waals surface area contributed by atoms with Gasteiger partial charge in [0.15, 0.2) is 6.29 Å². The van der Waals surface area contributed by atoms with Gasteiger partial charge in [-0.05, 0) is 31.2 Å². The Bertz CT molecular complexity index is 770. The molecule has 0 fully saturated rings. The molecule has 2 aromatic rings. The lowest BCUT2D eigenvalue weighted by molar-refractivity contribution is -0.137. The normalized spacial score (nSPS) is 11.9. The van der Waals surface area contributed by atoms with Crippen molar-refractivity contribution in [2.75, 3.05) is 26.6 Å². The predicted octanol–water partition coefficient (Wildman–Crippen LogP) is 5.12. The summed E-state index contributed by atoms with van der Waals surface area (Å²) >= 11 is 3.33. The van der Waals surface area contributed by atoms with E-state index in [1.165, 1.54) is 7.11 Å². The van der Waals surface area contributed by atoms with E-state index in [0.29, 0.717) is 17.6 Å². The highest BCUT2D eigenvalue weighted by molar-refractivity contribution is 9.10. The monoisotopic (exact) mass is 448 g/mol. The molecule has 0 aliphatic carbocycles. The molecule has 0 saturated carbocycles. The topological polar surface area (TPSA) is 60.5 Å². The van der Waals surface area contributed by atoms with Crippen LogP contribution >= 0.6 is 15.9 Å². The van der Waals surface area contributed by atoms with Crippen LogP contribution < -0.4 is 10.1 Å². The molecule has 2 rings (SSSR count). The Hall–Kier alpha value is -2.13. The van der Waals surface area contributed by atoms with E-state index in [-0.39, 0.29) is 11.4 Å². The Morgan fingerprint density at radius 2 is 1.85 bits per heavy atom. The first-order chi connectivity index (χ1) is 12.7. The second-order valence-electron chi connectivity index (χ2n) is 5.44. The molecular weight excluding hydrogens is 429 g/mol. The van der Waals surface area contributed by atoms with Crippen molar-refractivity contribution in [3.63, 3.8) is 0 Å². The van der Waals surface area contributed by atoms with Crippen LogP contribution in [0.25, 0.3) is 0 Å².